The van der Waals surface area contributed by atoms with Gasteiger partial charge in [0.25, 0.3) is 5.91 Å². The molecule has 0 aliphatic rings. The zero-order valence-corrected chi connectivity index (χ0v) is 10.8. The number of methoxy groups -OCH3 is 1. The van der Waals surface area contributed by atoms with Crippen LogP contribution >= 0.6 is 0 Å². The first-order valence-electron chi connectivity index (χ1n) is 5.69. The maximum Gasteiger partial charge on any atom is 0.260 e. The van der Waals surface area contributed by atoms with Crippen molar-refractivity contribution in [2.24, 2.45) is 0 Å². The van der Waals surface area contributed by atoms with Crippen LogP contribution in [0.5, 0.6) is 11.6 Å². The number of benzene rings is 1. The number of amides is 1. The number of hydrogen-bond donors (Lipinski definition) is 2. The number of aryl methyl sites for hydroxylation is 1. The van der Waals surface area contributed by atoms with Crippen LogP contribution in [0.4, 0.5) is 10.3 Å². The summed E-state index contributed by atoms with van der Waals surface area (Å²) in [5.41, 5.74) is 0.380. The standard InChI is InChI=1S/C13H12FN3O3/c1-7-5-11(20-2)16-13(15-7)17-12(19)9-4-3-8(18)6-10(9)14/h3-6,18H,1-2H3,(H,15,16,17,19). The van der Waals surface area contributed by atoms with Crippen molar-refractivity contribution in [2.75, 3.05) is 12.4 Å². The quantitative estimate of drug-likeness (QED) is 0.895. The smallest absolute Gasteiger partial charge is 0.260 e. The van der Waals surface area contributed by atoms with Crippen molar-refractivity contribution in [3.05, 3.63) is 41.3 Å². The number of carbonyl (C=O) groups excluding carboxylic acids is 1. The van der Waals surface area contributed by atoms with Gasteiger partial charge in [0.05, 0.1) is 12.7 Å². The minimum Gasteiger partial charge on any atom is -0.508 e. The zero-order valence-electron chi connectivity index (χ0n) is 10.8. The number of phenols is 1. The Labute approximate surface area is 114 Å². The van der Waals surface area contributed by atoms with Gasteiger partial charge in [-0.2, -0.15) is 4.98 Å². The molecule has 1 amide bonds. The molecule has 20 heavy (non-hydrogen) atoms. The number of rotatable bonds is 3. The summed E-state index contributed by atoms with van der Waals surface area (Å²) in [5.74, 6) is -1.50. The Morgan fingerprint density at radius 1 is 1.35 bits per heavy atom. The minimum absolute atomic E-state index is 0.0133. The predicted molar refractivity (Wildman–Crippen MR) is 69.3 cm³/mol. The lowest BCUT2D eigenvalue weighted by Gasteiger charge is -2.07. The lowest BCUT2D eigenvalue weighted by atomic mass is 10.2. The van der Waals surface area contributed by atoms with Gasteiger partial charge >= 0.3 is 0 Å². The SMILES string of the molecule is COc1cc(C)nc(NC(=O)c2ccc(O)cc2F)n1. The number of aromatic hydroxyl groups is 1. The van der Waals surface area contributed by atoms with E-state index in [1.54, 1.807) is 13.0 Å². The van der Waals surface area contributed by atoms with Crippen LogP contribution in [-0.2, 0) is 0 Å². The van der Waals surface area contributed by atoms with E-state index >= 15 is 0 Å². The molecular formula is C13H12FN3O3. The summed E-state index contributed by atoms with van der Waals surface area (Å²) in [4.78, 5) is 19.8. The van der Waals surface area contributed by atoms with Gasteiger partial charge in [0.2, 0.25) is 11.8 Å². The molecule has 2 aromatic rings. The topological polar surface area (TPSA) is 84.3 Å². The van der Waals surface area contributed by atoms with Gasteiger partial charge in [-0.15, -0.1) is 0 Å². The number of anilines is 1. The summed E-state index contributed by atoms with van der Waals surface area (Å²) in [5, 5.41) is 11.5. The van der Waals surface area contributed by atoms with Gasteiger partial charge in [0, 0.05) is 17.8 Å². The highest BCUT2D eigenvalue weighted by atomic mass is 19.1. The Morgan fingerprint density at radius 2 is 2.10 bits per heavy atom. The predicted octanol–water partition coefficient (Wildman–Crippen LogP) is 1.89. The van der Waals surface area contributed by atoms with Crippen molar-refractivity contribution in [1.29, 1.82) is 0 Å². The normalized spacial score (nSPS) is 10.2. The van der Waals surface area contributed by atoms with E-state index in [0.717, 1.165) is 6.07 Å². The maximum atomic E-state index is 13.5. The fourth-order valence-electron chi connectivity index (χ4n) is 1.56. The maximum absolute atomic E-state index is 13.5. The molecule has 6 nitrogen and oxygen atoms in total. The zero-order chi connectivity index (χ0) is 14.7. The molecule has 7 heteroatoms. The molecule has 0 saturated carbocycles. The third kappa shape index (κ3) is 3.00. The molecule has 0 fully saturated rings. The molecule has 0 bridgehead atoms. The van der Waals surface area contributed by atoms with Crippen molar-refractivity contribution < 1.29 is 19.0 Å². The average Bonchev–Trinajstić information content (AvgIpc) is 2.37. The van der Waals surface area contributed by atoms with Crippen LogP contribution in [0.1, 0.15) is 16.1 Å². The third-order valence-corrected chi connectivity index (χ3v) is 2.46. The van der Waals surface area contributed by atoms with Crippen LogP contribution in [0.3, 0.4) is 0 Å². The number of aromatic nitrogens is 2. The van der Waals surface area contributed by atoms with Gasteiger partial charge < -0.3 is 9.84 Å². The number of ether oxygens (including phenoxy) is 1. The van der Waals surface area contributed by atoms with Crippen LogP contribution in [0.2, 0.25) is 0 Å². The molecule has 2 rings (SSSR count). The second-order valence-corrected chi connectivity index (χ2v) is 3.99. The van der Waals surface area contributed by atoms with Crippen LogP contribution in [-0.4, -0.2) is 28.1 Å². The van der Waals surface area contributed by atoms with Crippen molar-refractivity contribution in [2.45, 2.75) is 6.92 Å². The van der Waals surface area contributed by atoms with Gasteiger partial charge in [-0.1, -0.05) is 0 Å². The van der Waals surface area contributed by atoms with E-state index in [0.29, 0.717) is 11.6 Å². The monoisotopic (exact) mass is 277 g/mol. The van der Waals surface area contributed by atoms with Crippen LogP contribution in [0, 0.1) is 12.7 Å². The second-order valence-electron chi connectivity index (χ2n) is 3.99. The fourth-order valence-corrected chi connectivity index (χ4v) is 1.56. The van der Waals surface area contributed by atoms with Crippen molar-refractivity contribution in [3.8, 4) is 11.6 Å². The molecule has 0 aliphatic heterocycles. The van der Waals surface area contributed by atoms with E-state index in [-0.39, 0.29) is 17.3 Å². The first kappa shape index (κ1) is 13.7. The molecule has 0 aliphatic carbocycles. The summed E-state index contributed by atoms with van der Waals surface area (Å²) in [6, 6.07) is 4.84. The summed E-state index contributed by atoms with van der Waals surface area (Å²) in [6.07, 6.45) is 0. The molecule has 0 radical (unpaired) electrons. The first-order chi connectivity index (χ1) is 9.49. The van der Waals surface area contributed by atoms with Gasteiger partial charge in [-0.25, -0.2) is 9.37 Å². The number of hydrogen-bond acceptors (Lipinski definition) is 5. The highest BCUT2D eigenvalue weighted by molar-refractivity contribution is 6.03. The highest BCUT2D eigenvalue weighted by Crippen LogP contribution is 2.17. The molecule has 0 atom stereocenters. The molecule has 0 spiro atoms. The Bertz CT molecular complexity index is 661. The average molecular weight is 277 g/mol. The van der Waals surface area contributed by atoms with Crippen molar-refractivity contribution in [1.82, 2.24) is 9.97 Å². The van der Waals surface area contributed by atoms with E-state index in [2.05, 4.69) is 15.3 Å². The van der Waals surface area contributed by atoms with Crippen LogP contribution < -0.4 is 10.1 Å². The van der Waals surface area contributed by atoms with Gasteiger partial charge in [0.1, 0.15) is 11.6 Å². The lowest BCUT2D eigenvalue weighted by molar-refractivity contribution is 0.102. The summed E-state index contributed by atoms with van der Waals surface area (Å²) >= 11 is 0. The van der Waals surface area contributed by atoms with E-state index in [1.807, 2.05) is 0 Å². The van der Waals surface area contributed by atoms with Crippen molar-refractivity contribution in [3.63, 3.8) is 0 Å². The first-order valence-corrected chi connectivity index (χ1v) is 5.69. The molecule has 104 valence electrons. The van der Waals surface area contributed by atoms with Crippen LogP contribution in [0.15, 0.2) is 24.3 Å². The fraction of sp³-hybridized carbons (Fsp3) is 0.154. The number of carbonyl (C=O) groups is 1. The Hall–Kier alpha value is -2.70. The van der Waals surface area contributed by atoms with Gasteiger partial charge in [-0.05, 0) is 19.1 Å². The van der Waals surface area contributed by atoms with E-state index in [4.69, 9.17) is 9.84 Å². The molecule has 0 unspecified atom stereocenters. The molecular weight excluding hydrogens is 265 g/mol. The minimum atomic E-state index is -0.831. The Morgan fingerprint density at radius 3 is 2.75 bits per heavy atom. The molecule has 1 aromatic heterocycles. The summed E-state index contributed by atoms with van der Waals surface area (Å²) < 4.78 is 18.5. The van der Waals surface area contributed by atoms with E-state index in [9.17, 15) is 9.18 Å². The number of phenolic OH excluding ortho intramolecular Hbond substituents is 1. The Kier molecular flexibility index (Phi) is 3.79. The second kappa shape index (κ2) is 5.52. The van der Waals surface area contributed by atoms with E-state index < -0.39 is 11.7 Å². The molecule has 2 N–H and O–H groups in total. The number of halogens is 1. The summed E-state index contributed by atoms with van der Waals surface area (Å²) in [6.45, 7) is 1.71. The largest absolute Gasteiger partial charge is 0.508 e. The third-order valence-electron chi connectivity index (χ3n) is 2.46. The highest BCUT2D eigenvalue weighted by Gasteiger charge is 2.14. The van der Waals surface area contributed by atoms with E-state index in [1.165, 1.54) is 19.2 Å². The van der Waals surface area contributed by atoms with Crippen molar-refractivity contribution >= 4 is 11.9 Å². The molecule has 1 aromatic carbocycles. The Balaban J connectivity index is 2.25. The number of nitrogens with one attached hydrogen (secondary N) is 1. The number of nitrogens with zero attached hydrogens (tertiary/aromatic N) is 2. The van der Waals surface area contributed by atoms with Gasteiger partial charge in [0.15, 0.2) is 0 Å². The molecule has 1 heterocycles. The van der Waals surface area contributed by atoms with Crippen LogP contribution in [0.25, 0.3) is 0 Å². The molecule has 0 saturated heterocycles. The van der Waals surface area contributed by atoms with Gasteiger partial charge in [-0.3, -0.25) is 10.1 Å². The summed E-state index contributed by atoms with van der Waals surface area (Å²) in [7, 11) is 1.44. The lowest BCUT2D eigenvalue weighted by Crippen LogP contribution is -2.16.